The van der Waals surface area contributed by atoms with Crippen LogP contribution in [0, 0.1) is 5.92 Å². The Morgan fingerprint density at radius 1 is 1.25 bits per heavy atom. The van der Waals surface area contributed by atoms with Crippen LogP contribution in [0.4, 0.5) is 17.6 Å². The molecule has 0 radical (unpaired) electrons. The van der Waals surface area contributed by atoms with Crippen LogP contribution in [-0.2, 0) is 4.74 Å². The Morgan fingerprint density at radius 3 is 2.86 bits per heavy atom. The van der Waals surface area contributed by atoms with E-state index in [1.807, 2.05) is 23.1 Å². The van der Waals surface area contributed by atoms with Gasteiger partial charge in [0.2, 0.25) is 5.95 Å². The second-order valence-electron chi connectivity index (χ2n) is 7.13. The quantitative estimate of drug-likeness (QED) is 0.561. The number of nitrogens with one attached hydrogen (secondary N) is 3. The summed E-state index contributed by atoms with van der Waals surface area (Å²) in [6.45, 7) is 3.66. The van der Waals surface area contributed by atoms with E-state index in [2.05, 4.69) is 42.8 Å². The highest BCUT2D eigenvalue weighted by Crippen LogP contribution is 2.35. The number of H-pyrrole nitrogens is 1. The highest BCUT2D eigenvalue weighted by atomic mass is 32.1. The second kappa shape index (κ2) is 8.58. The maximum absolute atomic E-state index is 5.41. The van der Waals surface area contributed by atoms with E-state index in [4.69, 9.17) is 4.74 Å². The molecule has 9 nitrogen and oxygen atoms in total. The summed E-state index contributed by atoms with van der Waals surface area (Å²) in [7, 11) is 0. The molecule has 2 aliphatic rings. The van der Waals surface area contributed by atoms with E-state index < -0.39 is 0 Å². The highest BCUT2D eigenvalue weighted by molar-refractivity contribution is 7.59. The summed E-state index contributed by atoms with van der Waals surface area (Å²) < 4.78 is 7.25. The Kier molecular flexibility index (Phi) is 6.36. The number of hydrogen-bond donors (Lipinski definition) is 3. The van der Waals surface area contributed by atoms with Crippen LogP contribution in [0.2, 0.25) is 0 Å². The van der Waals surface area contributed by atoms with E-state index in [1.54, 1.807) is 0 Å². The van der Waals surface area contributed by atoms with Crippen LogP contribution in [0.25, 0.3) is 11.0 Å². The number of aromatic nitrogens is 6. The van der Waals surface area contributed by atoms with Gasteiger partial charge in [-0.25, -0.2) is 4.68 Å². The fourth-order valence-electron chi connectivity index (χ4n) is 3.39. The molecule has 28 heavy (non-hydrogen) atoms. The van der Waals surface area contributed by atoms with Gasteiger partial charge >= 0.3 is 0 Å². The van der Waals surface area contributed by atoms with Crippen LogP contribution in [0.5, 0.6) is 0 Å². The minimum absolute atomic E-state index is 0. The predicted octanol–water partition coefficient (Wildman–Crippen LogP) is 2.69. The third kappa shape index (κ3) is 4.20. The van der Waals surface area contributed by atoms with E-state index in [0.717, 1.165) is 35.8 Å². The molecule has 0 bridgehead atoms. The molecule has 152 valence electrons. The van der Waals surface area contributed by atoms with E-state index in [9.17, 15) is 0 Å². The van der Waals surface area contributed by atoms with Gasteiger partial charge in [0.05, 0.1) is 24.2 Å². The van der Waals surface area contributed by atoms with Gasteiger partial charge in [-0.05, 0) is 38.2 Å². The number of aromatic amines is 1. The smallest absolute Gasteiger partial charge is 0.232 e. The van der Waals surface area contributed by atoms with E-state index in [-0.39, 0.29) is 33.0 Å². The van der Waals surface area contributed by atoms with Crippen LogP contribution < -0.4 is 10.6 Å². The number of hydrogen-bond acceptors (Lipinski definition) is 7. The molecule has 1 saturated heterocycles. The van der Waals surface area contributed by atoms with Gasteiger partial charge in [0.25, 0.3) is 0 Å². The first-order valence-corrected chi connectivity index (χ1v) is 9.14. The first-order chi connectivity index (χ1) is 12.8. The second-order valence-corrected chi connectivity index (χ2v) is 7.13. The van der Waals surface area contributed by atoms with E-state index >= 15 is 0 Å². The van der Waals surface area contributed by atoms with Crippen LogP contribution in [0.15, 0.2) is 18.5 Å². The lowest BCUT2D eigenvalue weighted by atomic mass is 10.2. The number of anilines is 3. The molecule has 1 aliphatic carbocycles. The molecule has 0 amide bonds. The summed E-state index contributed by atoms with van der Waals surface area (Å²) in [5.41, 5.74) is 0.796. The zero-order valence-corrected chi connectivity index (χ0v) is 17.6. The fourth-order valence-corrected chi connectivity index (χ4v) is 3.39. The Bertz CT molecular complexity index is 919. The van der Waals surface area contributed by atoms with Gasteiger partial charge in [-0.1, -0.05) is 5.21 Å². The highest BCUT2D eigenvalue weighted by Gasteiger charge is 2.28. The summed E-state index contributed by atoms with van der Waals surface area (Å²) in [5, 5.41) is 16.1. The average Bonchev–Trinajstić information content (AvgIpc) is 3.05. The summed E-state index contributed by atoms with van der Waals surface area (Å²) in [6.07, 6.45) is 7.29. The molecule has 1 aliphatic heterocycles. The molecule has 11 heteroatoms. The van der Waals surface area contributed by atoms with Crippen molar-refractivity contribution in [2.75, 3.05) is 23.8 Å². The zero-order chi connectivity index (χ0) is 17.5. The lowest BCUT2D eigenvalue weighted by Crippen LogP contribution is -2.18. The average molecular weight is 423 g/mol. The predicted molar refractivity (Wildman–Crippen MR) is 118 cm³/mol. The van der Waals surface area contributed by atoms with Crippen molar-refractivity contribution >= 4 is 55.6 Å². The van der Waals surface area contributed by atoms with Crippen molar-refractivity contribution in [1.82, 2.24) is 29.9 Å². The molecule has 0 spiro atoms. The van der Waals surface area contributed by atoms with Crippen molar-refractivity contribution in [3.05, 3.63) is 18.5 Å². The van der Waals surface area contributed by atoms with E-state index in [0.29, 0.717) is 24.4 Å². The maximum atomic E-state index is 5.41. The van der Waals surface area contributed by atoms with Gasteiger partial charge in [-0.3, -0.25) is 0 Å². The van der Waals surface area contributed by atoms with Gasteiger partial charge in [-0.2, -0.15) is 37.0 Å². The first-order valence-electron chi connectivity index (χ1n) is 9.14. The molecule has 4 heterocycles. The molecule has 1 saturated carbocycles. The number of fused-ring (bicyclic) bond motifs is 1. The molecule has 3 aromatic heterocycles. The lowest BCUT2D eigenvalue weighted by Gasteiger charge is -2.15. The zero-order valence-electron chi connectivity index (χ0n) is 15.6. The summed E-state index contributed by atoms with van der Waals surface area (Å²) in [4.78, 5) is 12.4. The Morgan fingerprint density at radius 2 is 2.11 bits per heavy atom. The molecule has 2 fully saturated rings. The summed E-state index contributed by atoms with van der Waals surface area (Å²) in [6, 6.07) is 2.65. The summed E-state index contributed by atoms with van der Waals surface area (Å²) >= 11 is 0. The van der Waals surface area contributed by atoms with Crippen LogP contribution >= 0.6 is 27.0 Å². The molecule has 3 N–H and O–H groups in total. The standard InChI is InChI=1S/C17H22N8O.2H2S/c1-10(11-2-3-11)19-16-13-4-6-18-15(13)21-17(22-16)20-14-8-25(24-23-14)12-5-7-26-9-12;;/h4,6,8,10-12H,2-3,5,7,9H2,1H3,(H3,18,19,20,21,22);2*1H2/t10-,12?;;/m0../s1. The fraction of sp³-hybridized carbons (Fsp3) is 0.529. The van der Waals surface area contributed by atoms with Gasteiger partial charge in [0.15, 0.2) is 5.82 Å². The lowest BCUT2D eigenvalue weighted by molar-refractivity contribution is 0.184. The maximum Gasteiger partial charge on any atom is 0.232 e. The van der Waals surface area contributed by atoms with Crippen molar-refractivity contribution in [3.63, 3.8) is 0 Å². The van der Waals surface area contributed by atoms with Crippen LogP contribution in [-0.4, -0.2) is 49.2 Å². The van der Waals surface area contributed by atoms with Crippen molar-refractivity contribution in [2.45, 2.75) is 38.3 Å². The normalized spacial score (nSPS) is 19.7. The monoisotopic (exact) mass is 422 g/mol. The van der Waals surface area contributed by atoms with Crippen molar-refractivity contribution in [1.29, 1.82) is 0 Å². The number of rotatable bonds is 6. The molecule has 2 atom stereocenters. The number of ether oxygens (including phenoxy) is 1. The largest absolute Gasteiger partial charge is 0.379 e. The molecule has 0 aromatic carbocycles. The minimum atomic E-state index is 0. The van der Waals surface area contributed by atoms with Crippen LogP contribution in [0.3, 0.4) is 0 Å². The Hall–Kier alpha value is -1.98. The molecular formula is C17H26N8OS2. The Labute approximate surface area is 176 Å². The molecule has 1 unspecified atom stereocenters. The van der Waals surface area contributed by atoms with Crippen LogP contribution in [0.1, 0.15) is 32.2 Å². The minimum Gasteiger partial charge on any atom is -0.379 e. The van der Waals surface area contributed by atoms with Crippen molar-refractivity contribution in [3.8, 4) is 0 Å². The first kappa shape index (κ1) is 20.7. The topological polar surface area (TPSA) is 106 Å². The molecule has 5 rings (SSSR count). The SMILES string of the molecule is C[C@H](Nc1nc(Nc2cn(C3CCOC3)nn2)nc2[nH]ccc12)C1CC1.S.S. The van der Waals surface area contributed by atoms with Crippen molar-refractivity contribution in [2.24, 2.45) is 5.92 Å². The molecule has 3 aromatic rings. The van der Waals surface area contributed by atoms with E-state index in [1.165, 1.54) is 12.8 Å². The summed E-state index contributed by atoms with van der Waals surface area (Å²) in [5.74, 6) is 2.71. The molecular weight excluding hydrogens is 396 g/mol. The van der Waals surface area contributed by atoms with Gasteiger partial charge in [0.1, 0.15) is 11.5 Å². The van der Waals surface area contributed by atoms with Gasteiger partial charge in [0, 0.05) is 18.8 Å². The third-order valence-corrected chi connectivity index (χ3v) is 5.14. The van der Waals surface area contributed by atoms with Gasteiger partial charge in [-0.15, -0.1) is 5.10 Å². The third-order valence-electron chi connectivity index (χ3n) is 5.14. The number of nitrogens with zero attached hydrogens (tertiary/aromatic N) is 5. The Balaban J connectivity index is 0.00000112. The van der Waals surface area contributed by atoms with Gasteiger partial charge < -0.3 is 20.4 Å². The van der Waals surface area contributed by atoms with Crippen molar-refractivity contribution < 1.29 is 4.74 Å².